The van der Waals surface area contributed by atoms with Crippen LogP contribution in [0.1, 0.15) is 5.56 Å². The smallest absolute Gasteiger partial charge is 0.159 e. The monoisotopic (exact) mass is 248 g/mol. The Morgan fingerprint density at radius 3 is 2.21 bits per heavy atom. The summed E-state index contributed by atoms with van der Waals surface area (Å²) in [5, 5.41) is 0.794. The van der Waals surface area contributed by atoms with Gasteiger partial charge in [-0.2, -0.15) is 0 Å². The van der Waals surface area contributed by atoms with Crippen LogP contribution in [-0.2, 0) is 5.33 Å². The van der Waals surface area contributed by atoms with Gasteiger partial charge in [-0.15, -0.1) is 0 Å². The van der Waals surface area contributed by atoms with Crippen LogP contribution in [0, 0.1) is 0 Å². The fourth-order valence-corrected chi connectivity index (χ4v) is 1.45. The second kappa shape index (κ2) is 4.33. The zero-order valence-corrected chi connectivity index (χ0v) is 9.11. The van der Waals surface area contributed by atoms with Gasteiger partial charge in [-0.05, 0) is 5.56 Å². The summed E-state index contributed by atoms with van der Waals surface area (Å²) in [7, 11) is 0. The van der Waals surface area contributed by atoms with E-state index >= 15 is 0 Å². The molecule has 0 aliphatic heterocycles. The molecule has 1 aromatic carbocycles. The highest BCUT2D eigenvalue weighted by atomic mass is 79.9. The van der Waals surface area contributed by atoms with Crippen molar-refractivity contribution in [2.45, 2.75) is 5.33 Å². The second-order valence-electron chi connectivity index (χ2n) is 2.91. The summed E-state index contributed by atoms with van der Waals surface area (Å²) in [4.78, 5) is 8.56. The summed E-state index contributed by atoms with van der Waals surface area (Å²) in [6, 6.07) is 9.96. The quantitative estimate of drug-likeness (QED) is 0.764. The minimum absolute atomic E-state index is 0.773. The lowest BCUT2D eigenvalue weighted by molar-refractivity contribution is 1.13. The number of hydrogen-bond donors (Lipinski definition) is 0. The molecule has 1 heterocycles. The molecule has 14 heavy (non-hydrogen) atoms. The highest BCUT2D eigenvalue weighted by molar-refractivity contribution is 9.08. The molecule has 2 nitrogen and oxygen atoms in total. The van der Waals surface area contributed by atoms with Gasteiger partial charge in [0.05, 0.1) is 0 Å². The van der Waals surface area contributed by atoms with Crippen molar-refractivity contribution in [2.24, 2.45) is 0 Å². The minimum atomic E-state index is 0.773. The Bertz CT molecular complexity index is 397. The third kappa shape index (κ3) is 1.99. The summed E-state index contributed by atoms with van der Waals surface area (Å²) < 4.78 is 0. The van der Waals surface area contributed by atoms with E-state index in [1.54, 1.807) is 0 Å². The molecule has 2 rings (SSSR count). The molecular formula is C11H9BrN2. The van der Waals surface area contributed by atoms with Crippen molar-refractivity contribution in [3.63, 3.8) is 0 Å². The van der Waals surface area contributed by atoms with Crippen molar-refractivity contribution in [1.29, 1.82) is 0 Å². The van der Waals surface area contributed by atoms with Gasteiger partial charge in [-0.1, -0.05) is 46.3 Å². The fourth-order valence-electron chi connectivity index (χ4n) is 1.16. The lowest BCUT2D eigenvalue weighted by Crippen LogP contribution is -1.89. The van der Waals surface area contributed by atoms with Gasteiger partial charge < -0.3 is 0 Å². The third-order valence-electron chi connectivity index (χ3n) is 1.89. The Balaban J connectivity index is 2.34. The van der Waals surface area contributed by atoms with E-state index in [0.717, 1.165) is 22.3 Å². The normalized spacial score (nSPS) is 10.1. The fraction of sp³-hybridized carbons (Fsp3) is 0.0909. The maximum Gasteiger partial charge on any atom is 0.159 e. The molecule has 0 aliphatic rings. The van der Waals surface area contributed by atoms with E-state index in [1.165, 1.54) is 0 Å². The molecule has 0 aliphatic carbocycles. The van der Waals surface area contributed by atoms with Gasteiger partial charge >= 0.3 is 0 Å². The predicted molar refractivity (Wildman–Crippen MR) is 60.1 cm³/mol. The highest BCUT2D eigenvalue weighted by Crippen LogP contribution is 2.13. The zero-order chi connectivity index (χ0) is 9.80. The molecule has 0 fully saturated rings. The Morgan fingerprint density at radius 2 is 1.64 bits per heavy atom. The third-order valence-corrected chi connectivity index (χ3v) is 2.54. The van der Waals surface area contributed by atoms with Gasteiger partial charge in [0.2, 0.25) is 0 Å². The molecule has 0 saturated heterocycles. The standard InChI is InChI=1S/C11H9BrN2/c12-6-9-7-13-11(14-8-9)10-4-2-1-3-5-10/h1-5,7-8H,6H2. The molecule has 0 amide bonds. The number of hydrogen-bond acceptors (Lipinski definition) is 2. The van der Waals surface area contributed by atoms with Crippen LogP contribution in [0.2, 0.25) is 0 Å². The maximum absolute atomic E-state index is 4.28. The van der Waals surface area contributed by atoms with Gasteiger partial charge in [0.15, 0.2) is 5.82 Å². The number of benzene rings is 1. The van der Waals surface area contributed by atoms with Gasteiger partial charge in [0.1, 0.15) is 0 Å². The molecule has 0 N–H and O–H groups in total. The van der Waals surface area contributed by atoms with Gasteiger partial charge in [0, 0.05) is 23.3 Å². The Morgan fingerprint density at radius 1 is 1.00 bits per heavy atom. The number of nitrogens with zero attached hydrogens (tertiary/aromatic N) is 2. The molecule has 0 atom stereocenters. The van der Waals surface area contributed by atoms with Gasteiger partial charge in [-0.3, -0.25) is 0 Å². The largest absolute Gasteiger partial charge is 0.236 e. The summed E-state index contributed by atoms with van der Waals surface area (Å²) in [5.41, 5.74) is 2.14. The van der Waals surface area contributed by atoms with Crippen LogP contribution in [0.3, 0.4) is 0 Å². The summed E-state index contributed by atoms with van der Waals surface area (Å²) >= 11 is 3.36. The van der Waals surface area contributed by atoms with Crippen LogP contribution in [0.5, 0.6) is 0 Å². The number of alkyl halides is 1. The maximum atomic E-state index is 4.28. The minimum Gasteiger partial charge on any atom is -0.236 e. The number of aromatic nitrogens is 2. The summed E-state index contributed by atoms with van der Waals surface area (Å²) in [6.07, 6.45) is 3.67. The first-order valence-electron chi connectivity index (χ1n) is 4.32. The Hall–Kier alpha value is -1.22. The Labute approximate surface area is 91.2 Å². The van der Waals surface area contributed by atoms with E-state index in [2.05, 4.69) is 25.9 Å². The lowest BCUT2D eigenvalue weighted by Gasteiger charge is -1.99. The van der Waals surface area contributed by atoms with Crippen LogP contribution < -0.4 is 0 Å². The molecule has 0 unspecified atom stereocenters. The van der Waals surface area contributed by atoms with Crippen molar-refractivity contribution in [2.75, 3.05) is 0 Å². The molecule has 1 aromatic heterocycles. The van der Waals surface area contributed by atoms with Crippen LogP contribution in [-0.4, -0.2) is 9.97 Å². The van der Waals surface area contributed by atoms with Gasteiger partial charge in [0.25, 0.3) is 0 Å². The first-order chi connectivity index (χ1) is 6.90. The molecule has 0 bridgehead atoms. The number of rotatable bonds is 2. The topological polar surface area (TPSA) is 25.8 Å². The molecule has 70 valence electrons. The van der Waals surface area contributed by atoms with Crippen molar-refractivity contribution >= 4 is 15.9 Å². The molecule has 2 aromatic rings. The van der Waals surface area contributed by atoms with Gasteiger partial charge in [-0.25, -0.2) is 9.97 Å². The van der Waals surface area contributed by atoms with Crippen LogP contribution in [0.15, 0.2) is 42.7 Å². The predicted octanol–water partition coefficient (Wildman–Crippen LogP) is 3.04. The number of halogens is 1. The molecule has 0 saturated carbocycles. The lowest BCUT2D eigenvalue weighted by atomic mass is 10.2. The molecular weight excluding hydrogens is 240 g/mol. The van der Waals surface area contributed by atoms with E-state index in [4.69, 9.17) is 0 Å². The van der Waals surface area contributed by atoms with Crippen molar-refractivity contribution in [1.82, 2.24) is 9.97 Å². The van der Waals surface area contributed by atoms with Crippen LogP contribution >= 0.6 is 15.9 Å². The average Bonchev–Trinajstić information content (AvgIpc) is 2.30. The second-order valence-corrected chi connectivity index (χ2v) is 3.48. The first-order valence-corrected chi connectivity index (χ1v) is 5.44. The first kappa shape index (κ1) is 9.34. The zero-order valence-electron chi connectivity index (χ0n) is 7.52. The molecule has 0 spiro atoms. The molecule has 3 heteroatoms. The summed E-state index contributed by atoms with van der Waals surface area (Å²) in [6.45, 7) is 0. The van der Waals surface area contributed by atoms with E-state index < -0.39 is 0 Å². The Kier molecular flexibility index (Phi) is 2.89. The average molecular weight is 249 g/mol. The van der Waals surface area contributed by atoms with E-state index in [1.807, 2.05) is 42.7 Å². The van der Waals surface area contributed by atoms with E-state index in [-0.39, 0.29) is 0 Å². The van der Waals surface area contributed by atoms with Crippen LogP contribution in [0.4, 0.5) is 0 Å². The van der Waals surface area contributed by atoms with Crippen LogP contribution in [0.25, 0.3) is 11.4 Å². The SMILES string of the molecule is BrCc1cnc(-c2ccccc2)nc1. The summed E-state index contributed by atoms with van der Waals surface area (Å²) in [5.74, 6) is 0.773. The van der Waals surface area contributed by atoms with Crippen molar-refractivity contribution < 1.29 is 0 Å². The van der Waals surface area contributed by atoms with Crippen molar-refractivity contribution in [3.8, 4) is 11.4 Å². The van der Waals surface area contributed by atoms with Crippen molar-refractivity contribution in [3.05, 3.63) is 48.3 Å². The highest BCUT2D eigenvalue weighted by Gasteiger charge is 1.98. The molecule has 0 radical (unpaired) electrons. The van der Waals surface area contributed by atoms with E-state index in [9.17, 15) is 0 Å². The van der Waals surface area contributed by atoms with E-state index in [0.29, 0.717) is 0 Å².